The Kier molecular flexibility index (Phi) is 6.95. The Balaban J connectivity index is 1.60. The molecule has 2 N–H and O–H groups in total. The van der Waals surface area contributed by atoms with Gasteiger partial charge in [-0.05, 0) is 44.4 Å². The third-order valence-corrected chi connectivity index (χ3v) is 4.75. The Morgan fingerprint density at radius 1 is 1.25 bits per heavy atom. The normalized spacial score (nSPS) is 14.7. The number of rotatable bonds is 9. The SMILES string of the molecule is Cc1cc(C(=O)NC(C)c2ccc(OCC(F)(F)C(F)F)nc2)cc(NC(=O)C2CC2)n1. The second-order valence-electron chi connectivity index (χ2n) is 7.62. The molecule has 0 aliphatic heterocycles. The van der Waals surface area contributed by atoms with Crippen molar-refractivity contribution in [1.82, 2.24) is 15.3 Å². The molecule has 2 aromatic rings. The Morgan fingerprint density at radius 3 is 2.56 bits per heavy atom. The highest BCUT2D eigenvalue weighted by atomic mass is 19.3. The number of nitrogens with one attached hydrogen (secondary N) is 2. The lowest BCUT2D eigenvalue weighted by atomic mass is 10.1. The van der Waals surface area contributed by atoms with Crippen LogP contribution in [-0.2, 0) is 4.79 Å². The number of aromatic nitrogens is 2. The van der Waals surface area contributed by atoms with Crippen molar-refractivity contribution in [1.29, 1.82) is 0 Å². The van der Waals surface area contributed by atoms with Crippen molar-refractivity contribution in [2.75, 3.05) is 11.9 Å². The fraction of sp³-hybridized carbons (Fsp3) is 0.429. The number of alkyl halides is 4. The average Bonchev–Trinajstić information content (AvgIpc) is 3.57. The van der Waals surface area contributed by atoms with E-state index in [0.29, 0.717) is 22.6 Å². The van der Waals surface area contributed by atoms with E-state index in [1.165, 1.54) is 24.4 Å². The molecular weight excluding hydrogens is 432 g/mol. The van der Waals surface area contributed by atoms with Crippen molar-refractivity contribution in [3.05, 3.63) is 47.3 Å². The molecule has 1 aliphatic rings. The number of pyridine rings is 2. The maximum atomic E-state index is 12.9. The highest BCUT2D eigenvalue weighted by molar-refractivity contribution is 5.97. The van der Waals surface area contributed by atoms with Gasteiger partial charge in [0.1, 0.15) is 5.82 Å². The van der Waals surface area contributed by atoms with Gasteiger partial charge in [-0.2, -0.15) is 8.78 Å². The van der Waals surface area contributed by atoms with E-state index in [-0.39, 0.29) is 17.7 Å². The summed E-state index contributed by atoms with van der Waals surface area (Å²) in [7, 11) is 0. The Labute approximate surface area is 181 Å². The predicted molar refractivity (Wildman–Crippen MR) is 107 cm³/mol. The van der Waals surface area contributed by atoms with Crippen LogP contribution < -0.4 is 15.4 Å². The molecule has 0 radical (unpaired) electrons. The maximum Gasteiger partial charge on any atom is 0.340 e. The van der Waals surface area contributed by atoms with Crippen LogP contribution in [0.2, 0.25) is 0 Å². The molecule has 0 spiro atoms. The second kappa shape index (κ2) is 9.49. The van der Waals surface area contributed by atoms with E-state index in [4.69, 9.17) is 0 Å². The molecule has 0 bridgehead atoms. The molecule has 1 unspecified atom stereocenters. The summed E-state index contributed by atoms with van der Waals surface area (Å²) in [6.07, 6.45) is -0.861. The lowest BCUT2D eigenvalue weighted by Gasteiger charge is -2.17. The maximum absolute atomic E-state index is 12.9. The summed E-state index contributed by atoms with van der Waals surface area (Å²) in [6.45, 7) is 1.89. The largest absolute Gasteiger partial charge is 0.471 e. The van der Waals surface area contributed by atoms with Gasteiger partial charge in [0.25, 0.3) is 5.91 Å². The zero-order valence-corrected chi connectivity index (χ0v) is 17.4. The summed E-state index contributed by atoms with van der Waals surface area (Å²) in [6, 6.07) is 5.28. The van der Waals surface area contributed by atoms with Crippen LogP contribution in [0.3, 0.4) is 0 Å². The number of nitrogens with zero attached hydrogens (tertiary/aromatic N) is 2. The Hall–Kier alpha value is -3.24. The first-order valence-electron chi connectivity index (χ1n) is 9.90. The number of anilines is 1. The van der Waals surface area contributed by atoms with Crippen LogP contribution in [0.15, 0.2) is 30.5 Å². The zero-order chi connectivity index (χ0) is 23.5. The van der Waals surface area contributed by atoms with Gasteiger partial charge in [0.05, 0.1) is 6.04 Å². The van der Waals surface area contributed by atoms with Crippen LogP contribution in [0.1, 0.15) is 47.4 Å². The number of hydrogen-bond acceptors (Lipinski definition) is 5. The predicted octanol–water partition coefficient (Wildman–Crippen LogP) is 3.90. The number of amides is 2. The topological polar surface area (TPSA) is 93.2 Å². The van der Waals surface area contributed by atoms with Crippen LogP contribution in [0.25, 0.3) is 0 Å². The Bertz CT molecular complexity index is 982. The molecule has 1 fully saturated rings. The molecule has 11 heteroatoms. The van der Waals surface area contributed by atoms with Crippen molar-refractivity contribution >= 4 is 17.6 Å². The van der Waals surface area contributed by atoms with Gasteiger partial charge in [-0.1, -0.05) is 6.07 Å². The Morgan fingerprint density at radius 2 is 1.97 bits per heavy atom. The molecule has 1 atom stereocenters. The lowest BCUT2D eigenvalue weighted by Crippen LogP contribution is -2.33. The average molecular weight is 454 g/mol. The van der Waals surface area contributed by atoms with Gasteiger partial charge in [-0.15, -0.1) is 0 Å². The first-order chi connectivity index (χ1) is 15.0. The number of ether oxygens (including phenoxy) is 1. The summed E-state index contributed by atoms with van der Waals surface area (Å²) in [5.74, 6) is -4.77. The minimum Gasteiger partial charge on any atom is -0.471 e. The van der Waals surface area contributed by atoms with Crippen molar-refractivity contribution < 1.29 is 31.9 Å². The molecule has 7 nitrogen and oxygen atoms in total. The van der Waals surface area contributed by atoms with Crippen LogP contribution in [0, 0.1) is 12.8 Å². The van der Waals surface area contributed by atoms with E-state index < -0.39 is 30.9 Å². The first kappa shape index (κ1) is 23.4. The van der Waals surface area contributed by atoms with Gasteiger partial charge in [0, 0.05) is 29.4 Å². The number of carbonyl (C=O) groups excluding carboxylic acids is 2. The summed E-state index contributed by atoms with van der Waals surface area (Å²) in [5.41, 5.74) is 1.40. The molecule has 0 saturated heterocycles. The monoisotopic (exact) mass is 454 g/mol. The molecule has 172 valence electrons. The summed E-state index contributed by atoms with van der Waals surface area (Å²) < 4.78 is 54.9. The highest BCUT2D eigenvalue weighted by Gasteiger charge is 2.41. The van der Waals surface area contributed by atoms with Crippen molar-refractivity contribution in [2.45, 2.75) is 45.1 Å². The van der Waals surface area contributed by atoms with Gasteiger partial charge in [0.15, 0.2) is 6.61 Å². The van der Waals surface area contributed by atoms with E-state index in [2.05, 4.69) is 25.3 Å². The fourth-order valence-corrected chi connectivity index (χ4v) is 2.77. The van der Waals surface area contributed by atoms with E-state index in [1.807, 2.05) is 0 Å². The van der Waals surface area contributed by atoms with Crippen LogP contribution in [0.5, 0.6) is 5.88 Å². The molecule has 1 saturated carbocycles. The minimum absolute atomic E-state index is 0.00402. The third kappa shape index (κ3) is 6.14. The molecule has 2 aromatic heterocycles. The highest BCUT2D eigenvalue weighted by Crippen LogP contribution is 2.30. The van der Waals surface area contributed by atoms with E-state index in [1.54, 1.807) is 19.9 Å². The molecular formula is C21H22F4N4O3. The minimum atomic E-state index is -4.28. The first-order valence-corrected chi connectivity index (χ1v) is 9.90. The molecule has 0 aromatic carbocycles. The molecule has 1 aliphatic carbocycles. The van der Waals surface area contributed by atoms with Gasteiger partial charge in [0.2, 0.25) is 11.8 Å². The van der Waals surface area contributed by atoms with Gasteiger partial charge in [-0.3, -0.25) is 9.59 Å². The van der Waals surface area contributed by atoms with Crippen LogP contribution >= 0.6 is 0 Å². The molecule has 2 amide bonds. The smallest absolute Gasteiger partial charge is 0.340 e. The lowest BCUT2D eigenvalue weighted by molar-refractivity contribution is -0.148. The number of carbonyl (C=O) groups is 2. The van der Waals surface area contributed by atoms with E-state index >= 15 is 0 Å². The van der Waals surface area contributed by atoms with Crippen molar-refractivity contribution in [3.63, 3.8) is 0 Å². The number of aryl methyl sites for hydroxylation is 1. The van der Waals surface area contributed by atoms with Gasteiger partial charge >= 0.3 is 12.3 Å². The number of halogens is 4. The summed E-state index contributed by atoms with van der Waals surface area (Å²) in [5, 5.41) is 5.47. The second-order valence-corrected chi connectivity index (χ2v) is 7.62. The summed E-state index contributed by atoms with van der Waals surface area (Å²) in [4.78, 5) is 32.6. The van der Waals surface area contributed by atoms with E-state index in [0.717, 1.165) is 12.8 Å². The molecule has 2 heterocycles. The molecule has 3 rings (SSSR count). The number of hydrogen-bond donors (Lipinski definition) is 2. The quantitative estimate of drug-likeness (QED) is 0.561. The fourth-order valence-electron chi connectivity index (χ4n) is 2.77. The van der Waals surface area contributed by atoms with Crippen molar-refractivity contribution in [2.24, 2.45) is 5.92 Å². The third-order valence-electron chi connectivity index (χ3n) is 4.75. The molecule has 32 heavy (non-hydrogen) atoms. The van der Waals surface area contributed by atoms with Crippen LogP contribution in [-0.4, -0.2) is 40.7 Å². The van der Waals surface area contributed by atoms with Crippen molar-refractivity contribution in [3.8, 4) is 5.88 Å². The van der Waals surface area contributed by atoms with Crippen LogP contribution in [0.4, 0.5) is 23.4 Å². The van der Waals surface area contributed by atoms with Gasteiger partial charge in [-0.25, -0.2) is 18.7 Å². The summed E-state index contributed by atoms with van der Waals surface area (Å²) >= 11 is 0. The standard InChI is InChI=1S/C21H22F4N4O3/c1-11-7-15(8-16(27-11)29-18(30)13-3-4-13)19(31)28-12(2)14-5-6-17(26-9-14)32-10-21(24,25)20(22)23/h5-9,12-13,20H,3-4,10H2,1-2H3,(H,28,31)(H,27,29,30). The van der Waals surface area contributed by atoms with E-state index in [9.17, 15) is 27.2 Å². The zero-order valence-electron chi connectivity index (χ0n) is 17.4. The van der Waals surface area contributed by atoms with Gasteiger partial charge < -0.3 is 15.4 Å².